The molecule has 1 aliphatic heterocycles. The third kappa shape index (κ3) is 6.59. The van der Waals surface area contributed by atoms with Crippen LogP contribution in [0.15, 0.2) is 173 Å². The molecule has 0 saturated heterocycles. The Balaban J connectivity index is 1.35. The molecule has 272 valence electrons. The zero-order chi connectivity index (χ0) is 38.1. The molecule has 8 rings (SSSR count). The minimum Gasteiger partial charge on any atom is -0.346 e. The second kappa shape index (κ2) is 15.2. The van der Waals surface area contributed by atoms with Gasteiger partial charge >= 0.3 is 0 Å². The number of benzene rings is 6. The van der Waals surface area contributed by atoms with Gasteiger partial charge in [-0.05, 0) is 73.6 Å². The summed E-state index contributed by atoms with van der Waals surface area (Å²) in [6.45, 7) is 3.87. The molecule has 8 nitrogen and oxygen atoms in total. The van der Waals surface area contributed by atoms with Crippen LogP contribution in [-0.4, -0.2) is 21.2 Å². The maximum atomic E-state index is 14.9. The highest BCUT2D eigenvalue weighted by Gasteiger charge is 2.47. The van der Waals surface area contributed by atoms with E-state index in [1.165, 1.54) is 0 Å². The maximum Gasteiger partial charge on any atom is 0.274 e. The zero-order valence-corrected chi connectivity index (χ0v) is 31.3. The summed E-state index contributed by atoms with van der Waals surface area (Å²) >= 11 is 0. The normalized spacial score (nSPS) is 16.3. The lowest BCUT2D eigenvalue weighted by atomic mass is 10.0. The zero-order valence-electron chi connectivity index (χ0n) is 30.4. The van der Waals surface area contributed by atoms with Gasteiger partial charge in [-0.25, -0.2) is 9.36 Å². The molecule has 0 aliphatic carbocycles. The molecular formula is C46H39N4O4P. The van der Waals surface area contributed by atoms with Gasteiger partial charge in [-0.15, -0.1) is 0 Å². The first-order chi connectivity index (χ1) is 26.8. The average Bonchev–Trinajstić information content (AvgIpc) is 3.60. The van der Waals surface area contributed by atoms with E-state index in [9.17, 15) is 19.2 Å². The van der Waals surface area contributed by atoms with Crippen LogP contribution in [0.4, 0.5) is 0 Å². The summed E-state index contributed by atoms with van der Waals surface area (Å²) in [6, 6.07) is 50.2. The van der Waals surface area contributed by atoms with E-state index >= 15 is 0 Å². The van der Waals surface area contributed by atoms with Gasteiger partial charge in [0, 0.05) is 11.1 Å². The first-order valence-electron chi connectivity index (χ1n) is 18.3. The molecule has 0 fully saturated rings. The van der Waals surface area contributed by atoms with Crippen molar-refractivity contribution in [1.82, 2.24) is 20.0 Å². The van der Waals surface area contributed by atoms with Crippen LogP contribution in [-0.2, 0) is 0 Å². The summed E-state index contributed by atoms with van der Waals surface area (Å²) in [5.74, 6) is -2.09. The van der Waals surface area contributed by atoms with Gasteiger partial charge in [-0.2, -0.15) is 0 Å². The number of rotatable bonds is 9. The molecule has 2 heterocycles. The van der Waals surface area contributed by atoms with Gasteiger partial charge in [0.15, 0.2) is 0 Å². The van der Waals surface area contributed by atoms with Crippen molar-refractivity contribution in [2.24, 2.45) is 0 Å². The Bertz CT molecular complexity index is 2480. The molecule has 7 aromatic rings. The summed E-state index contributed by atoms with van der Waals surface area (Å²) in [6.07, 6.45) is 0. The molecule has 1 aliphatic rings. The number of fused-ring (bicyclic) bond motifs is 2. The third-order valence-corrected chi connectivity index (χ3v) is 13.3. The fraction of sp³-hybridized carbons (Fsp3) is 0.130. The predicted molar refractivity (Wildman–Crippen MR) is 219 cm³/mol. The quantitative estimate of drug-likeness (QED) is 0.146. The molecule has 0 unspecified atom stereocenters. The van der Waals surface area contributed by atoms with Gasteiger partial charge in [-0.1, -0.05) is 140 Å². The lowest BCUT2D eigenvalue weighted by Gasteiger charge is -2.28. The number of carbonyl (C=O) groups excluding carboxylic acids is 2. The molecule has 9 heteroatoms. The van der Waals surface area contributed by atoms with Crippen molar-refractivity contribution >= 4 is 35.8 Å². The average molecular weight is 743 g/mol. The van der Waals surface area contributed by atoms with Gasteiger partial charge in [-0.3, -0.25) is 19.2 Å². The van der Waals surface area contributed by atoms with Crippen LogP contribution in [0.2, 0.25) is 0 Å². The summed E-state index contributed by atoms with van der Waals surface area (Å²) < 4.78 is 3.12. The topological polar surface area (TPSA) is 102 Å². The highest BCUT2D eigenvalue weighted by Crippen LogP contribution is 2.65. The second-order valence-corrected chi connectivity index (χ2v) is 16.0. The van der Waals surface area contributed by atoms with Gasteiger partial charge < -0.3 is 10.6 Å². The molecule has 55 heavy (non-hydrogen) atoms. The smallest absolute Gasteiger partial charge is 0.274 e. The minimum absolute atomic E-state index is 0.291. The number of aromatic nitrogens is 2. The van der Waals surface area contributed by atoms with E-state index in [1.54, 1.807) is 45.8 Å². The molecule has 0 bridgehead atoms. The van der Waals surface area contributed by atoms with Gasteiger partial charge in [0.2, 0.25) is 0 Å². The highest BCUT2D eigenvalue weighted by atomic mass is 31.1. The fourth-order valence-corrected chi connectivity index (χ4v) is 10.9. The van der Waals surface area contributed by atoms with Crippen molar-refractivity contribution in [1.29, 1.82) is 0 Å². The number of carbonyl (C=O) groups is 2. The summed E-state index contributed by atoms with van der Waals surface area (Å²) in [4.78, 5) is 58.5. The van der Waals surface area contributed by atoms with E-state index in [1.807, 2.05) is 141 Å². The summed E-state index contributed by atoms with van der Waals surface area (Å²) in [5.41, 5.74) is 3.25. The van der Waals surface area contributed by atoms with Gasteiger partial charge in [0.25, 0.3) is 22.9 Å². The van der Waals surface area contributed by atoms with Crippen LogP contribution < -0.4 is 27.1 Å². The molecular weight excluding hydrogens is 704 g/mol. The van der Waals surface area contributed by atoms with E-state index in [0.29, 0.717) is 33.0 Å². The first kappa shape index (κ1) is 35.6. The summed E-state index contributed by atoms with van der Waals surface area (Å²) in [7, 11) is -1.59. The van der Waals surface area contributed by atoms with E-state index in [2.05, 4.69) is 10.6 Å². The number of nitrogens with zero attached hydrogens (tertiary/aromatic N) is 2. The molecule has 0 spiro atoms. The Labute approximate surface area is 319 Å². The number of hydrogen-bond donors (Lipinski definition) is 2. The molecule has 1 aromatic heterocycles. The molecule has 4 atom stereocenters. The van der Waals surface area contributed by atoms with Crippen LogP contribution in [0.5, 0.6) is 0 Å². The van der Waals surface area contributed by atoms with Crippen molar-refractivity contribution in [3.63, 3.8) is 0 Å². The van der Waals surface area contributed by atoms with Gasteiger partial charge in [0.1, 0.15) is 11.6 Å². The second-order valence-electron chi connectivity index (χ2n) is 13.7. The van der Waals surface area contributed by atoms with Crippen LogP contribution >= 0.6 is 7.92 Å². The SMILES string of the molecule is C[C@@H](NC(=O)c1ccccc1[C@H]1n2c(=O)c3ccccc3c(=O)n2[C@H](c2ccccc2C(=O)N[C@H](C)c2ccccc2)P1c1ccccc1)c1ccccc1. The maximum absolute atomic E-state index is 14.9. The monoisotopic (exact) mass is 742 g/mol. The Hall–Kier alpha value is -6.37. The predicted octanol–water partition coefficient (Wildman–Crippen LogP) is 8.06. The highest BCUT2D eigenvalue weighted by molar-refractivity contribution is 7.66. The largest absolute Gasteiger partial charge is 0.346 e. The minimum atomic E-state index is -1.59. The van der Waals surface area contributed by atoms with Crippen molar-refractivity contribution in [3.05, 3.63) is 218 Å². The number of amides is 2. The van der Waals surface area contributed by atoms with Crippen LogP contribution in [0.25, 0.3) is 10.8 Å². The Morgan fingerprint density at radius 3 is 1.25 bits per heavy atom. The standard InChI is InChI=1S/C46H39N4O4P/c1-30(32-18-6-3-7-19-32)47-41(51)35-24-12-16-28-39(35)45-49-43(53)37-26-14-15-27-38(37)44(54)50(49)46(55(45)34-22-10-5-11-23-34)40-29-17-13-25-36(40)42(52)48-31(2)33-20-8-4-9-21-33/h3-31,45-46H,1-2H3,(H,47,51)(H,48,52)/t30-,31-,45+,46+/m1/s1. The summed E-state index contributed by atoms with van der Waals surface area (Å²) in [5, 5.41) is 7.83. The van der Waals surface area contributed by atoms with Crippen molar-refractivity contribution in [2.75, 3.05) is 0 Å². The molecule has 2 amide bonds. The van der Waals surface area contributed by atoms with E-state index in [0.717, 1.165) is 16.4 Å². The third-order valence-electron chi connectivity index (χ3n) is 10.3. The van der Waals surface area contributed by atoms with Crippen LogP contribution in [0.3, 0.4) is 0 Å². The van der Waals surface area contributed by atoms with Crippen LogP contribution in [0.1, 0.15) is 80.5 Å². The number of hydrogen-bond acceptors (Lipinski definition) is 4. The van der Waals surface area contributed by atoms with Crippen molar-refractivity contribution < 1.29 is 9.59 Å². The van der Waals surface area contributed by atoms with Crippen LogP contribution in [0, 0.1) is 0 Å². The molecule has 2 N–H and O–H groups in total. The van der Waals surface area contributed by atoms with Crippen molar-refractivity contribution in [2.45, 2.75) is 37.5 Å². The lowest BCUT2D eigenvalue weighted by molar-refractivity contribution is 0.0930. The Morgan fingerprint density at radius 2 is 0.836 bits per heavy atom. The Kier molecular flexibility index (Phi) is 9.83. The van der Waals surface area contributed by atoms with Crippen molar-refractivity contribution in [3.8, 4) is 0 Å². The fourth-order valence-electron chi connectivity index (χ4n) is 7.63. The van der Waals surface area contributed by atoms with E-state index < -0.39 is 19.5 Å². The first-order valence-corrected chi connectivity index (χ1v) is 19.8. The molecule has 6 aromatic carbocycles. The van der Waals surface area contributed by atoms with Gasteiger partial charge in [0.05, 0.1) is 22.9 Å². The van der Waals surface area contributed by atoms with E-state index in [4.69, 9.17) is 0 Å². The number of nitrogens with one attached hydrogen (secondary N) is 2. The Morgan fingerprint density at radius 1 is 0.491 bits per heavy atom. The molecule has 0 radical (unpaired) electrons. The lowest BCUT2D eigenvalue weighted by Crippen LogP contribution is -2.38. The van der Waals surface area contributed by atoms with E-state index in [-0.39, 0.29) is 35.0 Å². The molecule has 0 saturated carbocycles.